The van der Waals surface area contributed by atoms with Crippen LogP contribution >= 0.6 is 0 Å². The van der Waals surface area contributed by atoms with Crippen LogP contribution < -0.4 is 10.5 Å². The largest absolute Gasteiger partial charge is 0.497 e. The number of fused-ring (bicyclic) bond motifs is 1. The standard InChI is InChI=1S/C19H20N4O4S/c1-27-14-4-2-3-13(7-14)9-19(18(20)24)10-23(11-19)28(25,26)15-5-6-16-17(8-15)22-12-21-16/h2-8,12H,9-11H2,1H3,(H2,20,24)(H,21,22). The Kier molecular flexibility index (Phi) is 4.35. The number of amides is 1. The molecule has 0 radical (unpaired) electrons. The molecule has 0 unspecified atom stereocenters. The Balaban J connectivity index is 1.57. The lowest BCUT2D eigenvalue weighted by Gasteiger charge is -2.47. The molecule has 28 heavy (non-hydrogen) atoms. The molecule has 8 nitrogen and oxygen atoms in total. The molecule has 1 aromatic heterocycles. The Morgan fingerprint density at radius 1 is 1.29 bits per heavy atom. The highest BCUT2D eigenvalue weighted by atomic mass is 32.2. The molecule has 0 atom stereocenters. The van der Waals surface area contributed by atoms with Gasteiger partial charge in [-0.3, -0.25) is 4.79 Å². The van der Waals surface area contributed by atoms with E-state index in [0.717, 1.165) is 5.56 Å². The second kappa shape index (κ2) is 6.61. The van der Waals surface area contributed by atoms with Crippen molar-refractivity contribution in [2.45, 2.75) is 11.3 Å². The second-order valence-corrected chi connectivity index (χ2v) is 8.97. The monoisotopic (exact) mass is 400 g/mol. The van der Waals surface area contributed by atoms with E-state index >= 15 is 0 Å². The van der Waals surface area contributed by atoms with E-state index in [2.05, 4.69) is 9.97 Å². The van der Waals surface area contributed by atoms with Gasteiger partial charge in [0.1, 0.15) is 5.75 Å². The number of hydrogen-bond acceptors (Lipinski definition) is 5. The number of primary amides is 1. The maximum atomic E-state index is 13.0. The van der Waals surface area contributed by atoms with Crippen LogP contribution in [0.25, 0.3) is 11.0 Å². The molecule has 0 saturated carbocycles. The Morgan fingerprint density at radius 3 is 2.79 bits per heavy atom. The van der Waals surface area contributed by atoms with Gasteiger partial charge in [0.05, 0.1) is 34.8 Å². The number of benzene rings is 2. The highest BCUT2D eigenvalue weighted by Gasteiger charge is 2.52. The number of ether oxygens (including phenoxy) is 1. The van der Waals surface area contributed by atoms with Crippen LogP contribution in [0.4, 0.5) is 0 Å². The third-order valence-electron chi connectivity index (χ3n) is 5.19. The Morgan fingerprint density at radius 2 is 2.07 bits per heavy atom. The van der Waals surface area contributed by atoms with E-state index in [1.807, 2.05) is 24.3 Å². The lowest BCUT2D eigenvalue weighted by Crippen LogP contribution is -2.64. The summed E-state index contributed by atoms with van der Waals surface area (Å²) < 4.78 is 32.4. The van der Waals surface area contributed by atoms with Crippen molar-refractivity contribution in [3.8, 4) is 5.75 Å². The predicted octanol–water partition coefficient (Wildman–Crippen LogP) is 1.29. The zero-order chi connectivity index (χ0) is 19.9. The fourth-order valence-electron chi connectivity index (χ4n) is 3.55. The molecule has 2 heterocycles. The summed E-state index contributed by atoms with van der Waals surface area (Å²) in [5, 5.41) is 0. The average molecular weight is 400 g/mol. The lowest BCUT2D eigenvalue weighted by atomic mass is 9.75. The van der Waals surface area contributed by atoms with E-state index < -0.39 is 21.3 Å². The molecular formula is C19H20N4O4S. The van der Waals surface area contributed by atoms with E-state index in [1.165, 1.54) is 16.7 Å². The number of methoxy groups -OCH3 is 1. The number of H-pyrrole nitrogens is 1. The van der Waals surface area contributed by atoms with Crippen molar-refractivity contribution in [3.63, 3.8) is 0 Å². The summed E-state index contributed by atoms with van der Waals surface area (Å²) in [5.41, 5.74) is 6.91. The highest BCUT2D eigenvalue weighted by molar-refractivity contribution is 7.89. The first-order valence-electron chi connectivity index (χ1n) is 8.70. The van der Waals surface area contributed by atoms with Crippen LogP contribution in [-0.2, 0) is 21.2 Å². The van der Waals surface area contributed by atoms with Gasteiger partial charge in [-0.05, 0) is 42.3 Å². The van der Waals surface area contributed by atoms with Crippen molar-refractivity contribution >= 4 is 27.0 Å². The topological polar surface area (TPSA) is 118 Å². The number of carbonyl (C=O) groups excluding carboxylic acids is 1. The average Bonchev–Trinajstić information content (AvgIpc) is 3.11. The quantitative estimate of drug-likeness (QED) is 0.646. The van der Waals surface area contributed by atoms with Crippen LogP contribution in [0.15, 0.2) is 53.7 Å². The second-order valence-electron chi connectivity index (χ2n) is 7.03. The zero-order valence-corrected chi connectivity index (χ0v) is 16.1. The molecule has 4 rings (SSSR count). The summed E-state index contributed by atoms with van der Waals surface area (Å²) in [6, 6.07) is 12.1. The summed E-state index contributed by atoms with van der Waals surface area (Å²) in [7, 11) is -2.16. The van der Waals surface area contributed by atoms with Gasteiger partial charge in [0.25, 0.3) is 0 Å². The number of hydrogen-bond donors (Lipinski definition) is 2. The SMILES string of the molecule is COc1cccc(CC2(C(N)=O)CN(S(=O)(=O)c3ccc4nc[nH]c4c3)C2)c1. The van der Waals surface area contributed by atoms with Crippen molar-refractivity contribution < 1.29 is 17.9 Å². The van der Waals surface area contributed by atoms with Gasteiger partial charge in [-0.15, -0.1) is 0 Å². The molecule has 146 valence electrons. The molecule has 0 bridgehead atoms. The van der Waals surface area contributed by atoms with Crippen molar-refractivity contribution in [1.82, 2.24) is 14.3 Å². The van der Waals surface area contributed by atoms with Crippen LogP contribution in [0.1, 0.15) is 5.56 Å². The molecule has 1 saturated heterocycles. The fourth-order valence-corrected chi connectivity index (χ4v) is 5.19. The summed E-state index contributed by atoms with van der Waals surface area (Å²) >= 11 is 0. The van der Waals surface area contributed by atoms with Crippen LogP contribution in [-0.4, -0.2) is 48.8 Å². The van der Waals surface area contributed by atoms with Crippen molar-refractivity contribution in [1.29, 1.82) is 0 Å². The minimum atomic E-state index is -3.73. The van der Waals surface area contributed by atoms with Crippen LogP contribution in [0.2, 0.25) is 0 Å². The van der Waals surface area contributed by atoms with Gasteiger partial charge in [0, 0.05) is 13.1 Å². The fraction of sp³-hybridized carbons (Fsp3) is 0.263. The zero-order valence-electron chi connectivity index (χ0n) is 15.3. The smallest absolute Gasteiger partial charge is 0.243 e. The molecule has 1 aliphatic rings. The summed E-state index contributed by atoms with van der Waals surface area (Å²) in [6.07, 6.45) is 1.86. The molecule has 3 aromatic rings. The van der Waals surface area contributed by atoms with Gasteiger partial charge in [-0.1, -0.05) is 12.1 Å². The van der Waals surface area contributed by atoms with E-state index in [1.54, 1.807) is 19.2 Å². The number of carbonyl (C=O) groups is 1. The molecule has 3 N–H and O–H groups in total. The number of nitrogens with one attached hydrogen (secondary N) is 1. The molecular weight excluding hydrogens is 380 g/mol. The highest BCUT2D eigenvalue weighted by Crippen LogP contribution is 2.38. The minimum absolute atomic E-state index is 0.0445. The van der Waals surface area contributed by atoms with Crippen molar-refractivity contribution in [2.24, 2.45) is 11.1 Å². The lowest BCUT2D eigenvalue weighted by molar-refractivity contribution is -0.134. The van der Waals surface area contributed by atoms with Gasteiger partial charge in [0.2, 0.25) is 15.9 Å². The van der Waals surface area contributed by atoms with E-state index in [-0.39, 0.29) is 18.0 Å². The predicted molar refractivity (Wildman–Crippen MR) is 103 cm³/mol. The van der Waals surface area contributed by atoms with E-state index in [9.17, 15) is 13.2 Å². The molecule has 1 aliphatic heterocycles. The van der Waals surface area contributed by atoms with E-state index in [4.69, 9.17) is 10.5 Å². The molecule has 0 spiro atoms. The molecule has 9 heteroatoms. The normalized spacial score (nSPS) is 16.6. The number of nitrogens with two attached hydrogens (primary N) is 1. The van der Waals surface area contributed by atoms with Crippen molar-refractivity contribution in [2.75, 3.05) is 20.2 Å². The number of nitrogens with zero attached hydrogens (tertiary/aromatic N) is 2. The Bertz CT molecular complexity index is 1150. The molecule has 1 fully saturated rings. The molecule has 0 aliphatic carbocycles. The van der Waals surface area contributed by atoms with Crippen LogP contribution in [0, 0.1) is 5.41 Å². The first-order valence-corrected chi connectivity index (χ1v) is 10.1. The number of aromatic amines is 1. The maximum absolute atomic E-state index is 13.0. The number of rotatable bonds is 6. The minimum Gasteiger partial charge on any atom is -0.497 e. The summed E-state index contributed by atoms with van der Waals surface area (Å²) in [5.74, 6) is 0.166. The van der Waals surface area contributed by atoms with Gasteiger partial charge >= 0.3 is 0 Å². The molecule has 2 aromatic carbocycles. The third kappa shape index (κ3) is 3.02. The summed E-state index contributed by atoms with van der Waals surface area (Å²) in [4.78, 5) is 19.3. The van der Waals surface area contributed by atoms with Gasteiger partial charge in [-0.2, -0.15) is 4.31 Å². The molecule has 1 amide bonds. The summed E-state index contributed by atoms with van der Waals surface area (Å²) in [6.45, 7) is 0.0891. The first-order chi connectivity index (χ1) is 13.3. The van der Waals surface area contributed by atoms with E-state index in [0.29, 0.717) is 23.2 Å². The number of imidazole rings is 1. The van der Waals surface area contributed by atoms with Crippen LogP contribution in [0.5, 0.6) is 5.75 Å². The Hall–Kier alpha value is -2.91. The third-order valence-corrected chi connectivity index (χ3v) is 6.97. The number of aromatic nitrogens is 2. The van der Waals surface area contributed by atoms with Gasteiger partial charge in [-0.25, -0.2) is 13.4 Å². The van der Waals surface area contributed by atoms with Gasteiger partial charge < -0.3 is 15.5 Å². The Labute approximate surface area is 162 Å². The number of sulfonamides is 1. The first kappa shape index (κ1) is 18.5. The van der Waals surface area contributed by atoms with Gasteiger partial charge in [0.15, 0.2) is 0 Å². The maximum Gasteiger partial charge on any atom is 0.243 e. The van der Waals surface area contributed by atoms with Crippen molar-refractivity contribution in [3.05, 3.63) is 54.4 Å². The van der Waals surface area contributed by atoms with Crippen LogP contribution in [0.3, 0.4) is 0 Å².